The van der Waals surface area contributed by atoms with E-state index in [9.17, 15) is 0 Å². The SMILES string of the molecule is CCCc1nc(C2(N)CCCC(CC(C)C)C2)no1. The topological polar surface area (TPSA) is 64.9 Å². The molecule has 1 aliphatic carbocycles. The molecule has 1 heterocycles. The van der Waals surface area contributed by atoms with Gasteiger partial charge in [-0.3, -0.25) is 0 Å². The molecule has 2 rings (SSSR count). The summed E-state index contributed by atoms with van der Waals surface area (Å²) < 4.78 is 5.30. The molecule has 19 heavy (non-hydrogen) atoms. The largest absolute Gasteiger partial charge is 0.339 e. The minimum absolute atomic E-state index is 0.368. The van der Waals surface area contributed by atoms with Crippen LogP contribution in [0.15, 0.2) is 4.52 Å². The van der Waals surface area contributed by atoms with Gasteiger partial charge < -0.3 is 10.3 Å². The molecule has 2 unspecified atom stereocenters. The van der Waals surface area contributed by atoms with Gasteiger partial charge in [-0.2, -0.15) is 4.98 Å². The molecule has 0 radical (unpaired) electrons. The van der Waals surface area contributed by atoms with Gasteiger partial charge in [-0.05, 0) is 37.5 Å². The number of rotatable bonds is 5. The second-order valence-electron chi connectivity index (χ2n) is 6.51. The molecule has 0 aliphatic heterocycles. The third-order valence-corrected chi connectivity index (χ3v) is 4.07. The Hall–Kier alpha value is -0.900. The monoisotopic (exact) mass is 265 g/mol. The maximum Gasteiger partial charge on any atom is 0.226 e. The van der Waals surface area contributed by atoms with E-state index >= 15 is 0 Å². The van der Waals surface area contributed by atoms with E-state index < -0.39 is 0 Å². The summed E-state index contributed by atoms with van der Waals surface area (Å²) in [5, 5.41) is 4.13. The van der Waals surface area contributed by atoms with Gasteiger partial charge >= 0.3 is 0 Å². The zero-order valence-electron chi connectivity index (χ0n) is 12.5. The highest BCUT2D eigenvalue weighted by molar-refractivity contribution is 5.06. The molecule has 1 fully saturated rings. The summed E-state index contributed by atoms with van der Waals surface area (Å²) in [6, 6.07) is 0. The molecule has 0 spiro atoms. The van der Waals surface area contributed by atoms with E-state index in [0.717, 1.165) is 43.3 Å². The van der Waals surface area contributed by atoms with Crippen molar-refractivity contribution in [2.24, 2.45) is 17.6 Å². The van der Waals surface area contributed by atoms with Crippen LogP contribution in [0.2, 0.25) is 0 Å². The number of nitrogens with zero attached hydrogens (tertiary/aromatic N) is 2. The third-order valence-electron chi connectivity index (χ3n) is 4.07. The second kappa shape index (κ2) is 6.04. The molecule has 2 N–H and O–H groups in total. The van der Waals surface area contributed by atoms with Gasteiger partial charge in [0.25, 0.3) is 0 Å². The zero-order valence-corrected chi connectivity index (χ0v) is 12.5. The summed E-state index contributed by atoms with van der Waals surface area (Å²) in [7, 11) is 0. The smallest absolute Gasteiger partial charge is 0.226 e. The molecule has 0 bridgehead atoms. The normalized spacial score (nSPS) is 27.9. The molecule has 4 heteroatoms. The van der Waals surface area contributed by atoms with Crippen LogP contribution in [-0.4, -0.2) is 10.1 Å². The lowest BCUT2D eigenvalue weighted by molar-refractivity contribution is 0.190. The molecule has 0 aromatic carbocycles. The Labute approximate surface area is 116 Å². The molecule has 1 aromatic rings. The van der Waals surface area contributed by atoms with Crippen LogP contribution in [0.4, 0.5) is 0 Å². The van der Waals surface area contributed by atoms with Crippen molar-refractivity contribution in [1.82, 2.24) is 10.1 Å². The molecule has 4 nitrogen and oxygen atoms in total. The number of aromatic nitrogens is 2. The fourth-order valence-corrected chi connectivity index (χ4v) is 3.27. The van der Waals surface area contributed by atoms with Crippen molar-refractivity contribution in [3.05, 3.63) is 11.7 Å². The minimum Gasteiger partial charge on any atom is -0.339 e. The van der Waals surface area contributed by atoms with Crippen molar-refractivity contribution in [3.63, 3.8) is 0 Å². The van der Waals surface area contributed by atoms with E-state index in [1.807, 2.05) is 0 Å². The average molecular weight is 265 g/mol. The zero-order chi connectivity index (χ0) is 13.9. The first-order chi connectivity index (χ1) is 9.03. The Bertz CT molecular complexity index is 402. The van der Waals surface area contributed by atoms with Crippen molar-refractivity contribution in [3.8, 4) is 0 Å². The standard InChI is InChI=1S/C15H27N3O/c1-4-6-13-17-14(18-19-13)15(16)8-5-7-12(10-15)9-11(2)3/h11-12H,4-10,16H2,1-3H3. The molecular formula is C15H27N3O. The predicted octanol–water partition coefficient (Wildman–Crippen LogP) is 3.41. The van der Waals surface area contributed by atoms with Gasteiger partial charge in [0.1, 0.15) is 0 Å². The van der Waals surface area contributed by atoms with E-state index in [1.54, 1.807) is 0 Å². The second-order valence-corrected chi connectivity index (χ2v) is 6.51. The fourth-order valence-electron chi connectivity index (χ4n) is 3.27. The summed E-state index contributed by atoms with van der Waals surface area (Å²) in [6.45, 7) is 6.67. The van der Waals surface area contributed by atoms with Crippen molar-refractivity contribution < 1.29 is 4.52 Å². The van der Waals surface area contributed by atoms with Crippen molar-refractivity contribution in [1.29, 1.82) is 0 Å². The van der Waals surface area contributed by atoms with E-state index in [2.05, 4.69) is 30.9 Å². The van der Waals surface area contributed by atoms with Gasteiger partial charge in [-0.15, -0.1) is 0 Å². The maximum absolute atomic E-state index is 6.57. The lowest BCUT2D eigenvalue weighted by Gasteiger charge is -2.36. The molecule has 1 aliphatic rings. The van der Waals surface area contributed by atoms with E-state index in [1.165, 1.54) is 19.3 Å². The Morgan fingerprint density at radius 1 is 1.47 bits per heavy atom. The van der Waals surface area contributed by atoms with Gasteiger partial charge in [-0.25, -0.2) is 0 Å². The Balaban J connectivity index is 2.07. The number of nitrogens with two attached hydrogens (primary N) is 1. The van der Waals surface area contributed by atoms with Gasteiger partial charge in [0, 0.05) is 6.42 Å². The Kier molecular flexibility index (Phi) is 4.61. The van der Waals surface area contributed by atoms with Crippen LogP contribution in [-0.2, 0) is 12.0 Å². The average Bonchev–Trinajstić information content (AvgIpc) is 2.78. The van der Waals surface area contributed by atoms with Crippen LogP contribution < -0.4 is 5.73 Å². The van der Waals surface area contributed by atoms with Gasteiger partial charge in [0.2, 0.25) is 5.89 Å². The maximum atomic E-state index is 6.57. The summed E-state index contributed by atoms with van der Waals surface area (Å²) in [5.74, 6) is 2.89. The van der Waals surface area contributed by atoms with Crippen LogP contribution in [0.3, 0.4) is 0 Å². The van der Waals surface area contributed by atoms with Crippen LogP contribution in [0.25, 0.3) is 0 Å². The predicted molar refractivity (Wildman–Crippen MR) is 75.6 cm³/mol. The van der Waals surface area contributed by atoms with Crippen LogP contribution in [0, 0.1) is 11.8 Å². The fraction of sp³-hybridized carbons (Fsp3) is 0.867. The number of aryl methyl sites for hydroxylation is 1. The number of hydrogen-bond acceptors (Lipinski definition) is 4. The summed E-state index contributed by atoms with van der Waals surface area (Å²) >= 11 is 0. The van der Waals surface area contributed by atoms with Crippen LogP contribution in [0.5, 0.6) is 0 Å². The summed E-state index contributed by atoms with van der Waals surface area (Å²) in [4.78, 5) is 4.51. The van der Waals surface area contributed by atoms with Crippen LogP contribution >= 0.6 is 0 Å². The van der Waals surface area contributed by atoms with E-state index in [4.69, 9.17) is 10.3 Å². The molecule has 0 saturated heterocycles. The van der Waals surface area contributed by atoms with Gasteiger partial charge in [0.05, 0.1) is 5.54 Å². The van der Waals surface area contributed by atoms with Crippen molar-refractivity contribution >= 4 is 0 Å². The van der Waals surface area contributed by atoms with E-state index in [-0.39, 0.29) is 5.54 Å². The molecule has 0 amide bonds. The highest BCUT2D eigenvalue weighted by Crippen LogP contribution is 2.39. The van der Waals surface area contributed by atoms with Crippen molar-refractivity contribution in [2.45, 2.75) is 71.3 Å². The first-order valence-electron chi connectivity index (χ1n) is 7.65. The first-order valence-corrected chi connectivity index (χ1v) is 7.65. The Morgan fingerprint density at radius 3 is 2.95 bits per heavy atom. The molecule has 1 aromatic heterocycles. The summed E-state index contributed by atoms with van der Waals surface area (Å²) in [6.07, 6.45) is 7.55. The lowest BCUT2D eigenvalue weighted by Crippen LogP contribution is -2.42. The molecule has 108 valence electrons. The molecular weight excluding hydrogens is 238 g/mol. The molecule has 1 saturated carbocycles. The molecule has 2 atom stereocenters. The highest BCUT2D eigenvalue weighted by Gasteiger charge is 2.38. The summed E-state index contributed by atoms with van der Waals surface area (Å²) in [5.41, 5.74) is 6.20. The van der Waals surface area contributed by atoms with Crippen molar-refractivity contribution in [2.75, 3.05) is 0 Å². The highest BCUT2D eigenvalue weighted by atomic mass is 16.5. The van der Waals surface area contributed by atoms with Gasteiger partial charge in [0.15, 0.2) is 5.82 Å². The van der Waals surface area contributed by atoms with Gasteiger partial charge in [-0.1, -0.05) is 38.8 Å². The lowest BCUT2D eigenvalue weighted by atomic mass is 9.73. The first kappa shape index (κ1) is 14.5. The minimum atomic E-state index is -0.368. The third kappa shape index (κ3) is 3.56. The Morgan fingerprint density at radius 2 is 2.26 bits per heavy atom. The van der Waals surface area contributed by atoms with Crippen LogP contribution in [0.1, 0.15) is 71.0 Å². The van der Waals surface area contributed by atoms with E-state index in [0.29, 0.717) is 5.92 Å². The number of hydrogen-bond donors (Lipinski definition) is 1. The quantitative estimate of drug-likeness (QED) is 0.886.